The van der Waals surface area contributed by atoms with Crippen molar-refractivity contribution in [2.45, 2.75) is 44.2 Å². The highest BCUT2D eigenvalue weighted by Gasteiger charge is 2.25. The Morgan fingerprint density at radius 2 is 2.12 bits per heavy atom. The molecule has 1 saturated heterocycles. The zero-order chi connectivity index (χ0) is 17.2. The third kappa shape index (κ3) is 3.51. The maximum Gasteiger partial charge on any atom is 0.134 e. The maximum atomic E-state index is 9.65. The number of nitrogens with zero attached hydrogens (tertiary/aromatic N) is 3. The fourth-order valence-electron chi connectivity index (χ4n) is 3.99. The van der Waals surface area contributed by atoms with Gasteiger partial charge >= 0.3 is 0 Å². The molecule has 132 valence electrons. The molecule has 2 heterocycles. The monoisotopic (exact) mass is 402 g/mol. The first-order chi connectivity index (χ1) is 12.2. The van der Waals surface area contributed by atoms with Crippen molar-refractivity contribution < 1.29 is 5.11 Å². The molecule has 25 heavy (non-hydrogen) atoms. The van der Waals surface area contributed by atoms with E-state index in [1.54, 1.807) is 6.33 Å². The number of fused-ring (bicyclic) bond motifs is 1. The Balaban J connectivity index is 1.53. The van der Waals surface area contributed by atoms with E-state index in [1.165, 1.54) is 17.5 Å². The van der Waals surface area contributed by atoms with Gasteiger partial charge in [-0.15, -0.1) is 0 Å². The Labute approximate surface area is 156 Å². The summed E-state index contributed by atoms with van der Waals surface area (Å²) in [4.78, 5) is 11.1. The van der Waals surface area contributed by atoms with Crippen molar-refractivity contribution in [3.05, 3.63) is 46.2 Å². The molecule has 1 fully saturated rings. The second-order valence-corrected chi connectivity index (χ2v) is 7.78. The minimum atomic E-state index is 0.168. The van der Waals surface area contributed by atoms with Crippen molar-refractivity contribution >= 4 is 27.6 Å². The van der Waals surface area contributed by atoms with Crippen molar-refractivity contribution in [2.24, 2.45) is 0 Å². The van der Waals surface area contributed by atoms with E-state index in [4.69, 9.17) is 0 Å². The van der Waals surface area contributed by atoms with Crippen molar-refractivity contribution in [3.8, 4) is 0 Å². The average molecular weight is 403 g/mol. The van der Waals surface area contributed by atoms with Gasteiger partial charge in [0.1, 0.15) is 18.0 Å². The van der Waals surface area contributed by atoms with Gasteiger partial charge in [0.2, 0.25) is 0 Å². The Morgan fingerprint density at radius 3 is 3.00 bits per heavy atom. The predicted octanol–water partition coefficient (Wildman–Crippen LogP) is 3.69. The van der Waals surface area contributed by atoms with Crippen LogP contribution >= 0.6 is 15.9 Å². The van der Waals surface area contributed by atoms with Crippen LogP contribution in [0.5, 0.6) is 0 Å². The van der Waals surface area contributed by atoms with Gasteiger partial charge in [0.25, 0.3) is 0 Å². The van der Waals surface area contributed by atoms with Crippen LogP contribution in [-0.2, 0) is 6.42 Å². The molecule has 2 aromatic rings. The Morgan fingerprint density at radius 1 is 1.20 bits per heavy atom. The summed E-state index contributed by atoms with van der Waals surface area (Å²) in [6, 6.07) is 8.98. The lowest BCUT2D eigenvalue weighted by Gasteiger charge is -2.35. The SMILES string of the molecule is OCC1CCCCN1c1cc(NC2CCc3cc(Br)ccc32)ncn1. The normalized spacial score (nSPS) is 22.7. The van der Waals surface area contributed by atoms with E-state index in [1.807, 2.05) is 6.07 Å². The molecule has 6 heteroatoms. The number of aryl methyl sites for hydroxylation is 1. The molecule has 5 nitrogen and oxygen atoms in total. The van der Waals surface area contributed by atoms with Gasteiger partial charge in [0.15, 0.2) is 0 Å². The first kappa shape index (κ1) is 16.8. The molecule has 2 atom stereocenters. The Kier molecular flexibility index (Phi) is 4.90. The molecular weight excluding hydrogens is 380 g/mol. The van der Waals surface area contributed by atoms with Crippen molar-refractivity contribution in [3.63, 3.8) is 0 Å². The van der Waals surface area contributed by atoms with Gasteiger partial charge in [0.05, 0.1) is 18.7 Å². The summed E-state index contributed by atoms with van der Waals surface area (Å²) in [5, 5.41) is 13.2. The topological polar surface area (TPSA) is 61.3 Å². The second kappa shape index (κ2) is 7.30. The first-order valence-electron chi connectivity index (χ1n) is 8.99. The lowest BCUT2D eigenvalue weighted by molar-refractivity contribution is 0.239. The summed E-state index contributed by atoms with van der Waals surface area (Å²) in [5.41, 5.74) is 2.76. The number of benzene rings is 1. The Bertz CT molecular complexity index is 754. The molecular formula is C19H23BrN4O. The lowest BCUT2D eigenvalue weighted by Crippen LogP contribution is -2.42. The molecule has 0 spiro atoms. The first-order valence-corrected chi connectivity index (χ1v) is 9.78. The van der Waals surface area contributed by atoms with Gasteiger partial charge in [0, 0.05) is 17.1 Å². The van der Waals surface area contributed by atoms with Crippen LogP contribution in [0.15, 0.2) is 35.1 Å². The molecule has 2 aliphatic rings. The van der Waals surface area contributed by atoms with Crippen LogP contribution in [0.1, 0.15) is 42.9 Å². The molecule has 1 aromatic heterocycles. The summed E-state index contributed by atoms with van der Waals surface area (Å²) < 4.78 is 1.14. The summed E-state index contributed by atoms with van der Waals surface area (Å²) in [5.74, 6) is 1.76. The number of piperidine rings is 1. The number of rotatable bonds is 4. The molecule has 1 aliphatic heterocycles. The Hall–Kier alpha value is -1.66. The third-order valence-electron chi connectivity index (χ3n) is 5.29. The number of halogens is 1. The van der Waals surface area contributed by atoms with Gasteiger partial charge in [-0.2, -0.15) is 0 Å². The molecule has 1 aromatic carbocycles. The molecule has 0 amide bonds. The number of anilines is 2. The van der Waals surface area contributed by atoms with Crippen LogP contribution in [-0.4, -0.2) is 34.3 Å². The highest BCUT2D eigenvalue weighted by atomic mass is 79.9. The number of nitrogens with one attached hydrogen (secondary N) is 1. The second-order valence-electron chi connectivity index (χ2n) is 6.87. The fourth-order valence-corrected chi connectivity index (χ4v) is 4.40. The van der Waals surface area contributed by atoms with E-state index < -0.39 is 0 Å². The number of aliphatic hydroxyl groups excluding tert-OH is 1. The zero-order valence-electron chi connectivity index (χ0n) is 14.2. The molecule has 4 rings (SSSR count). The van der Waals surface area contributed by atoms with Crippen molar-refractivity contribution in [1.82, 2.24) is 9.97 Å². The molecule has 0 saturated carbocycles. The van der Waals surface area contributed by atoms with Crippen LogP contribution < -0.4 is 10.2 Å². The lowest BCUT2D eigenvalue weighted by atomic mass is 10.0. The zero-order valence-corrected chi connectivity index (χ0v) is 15.7. The van der Waals surface area contributed by atoms with Crippen molar-refractivity contribution in [2.75, 3.05) is 23.4 Å². The van der Waals surface area contributed by atoms with Gasteiger partial charge in [-0.3, -0.25) is 0 Å². The number of hydrogen-bond donors (Lipinski definition) is 2. The summed E-state index contributed by atoms with van der Waals surface area (Å²) >= 11 is 3.55. The molecule has 0 bridgehead atoms. The van der Waals surface area contributed by atoms with E-state index in [2.05, 4.69) is 54.3 Å². The van der Waals surface area contributed by atoms with Crippen LogP contribution in [0, 0.1) is 0 Å². The molecule has 2 N–H and O–H groups in total. The minimum Gasteiger partial charge on any atom is -0.394 e. The largest absolute Gasteiger partial charge is 0.394 e. The van der Waals surface area contributed by atoms with E-state index in [0.717, 1.165) is 48.3 Å². The van der Waals surface area contributed by atoms with Gasteiger partial charge < -0.3 is 15.3 Å². The van der Waals surface area contributed by atoms with Crippen LogP contribution in [0.3, 0.4) is 0 Å². The van der Waals surface area contributed by atoms with Crippen LogP contribution in [0.4, 0.5) is 11.6 Å². The van der Waals surface area contributed by atoms with E-state index in [-0.39, 0.29) is 12.6 Å². The molecule has 0 radical (unpaired) electrons. The van der Waals surface area contributed by atoms with Gasteiger partial charge in [-0.25, -0.2) is 9.97 Å². The summed E-state index contributed by atoms with van der Waals surface area (Å²) in [6.45, 7) is 1.12. The van der Waals surface area contributed by atoms with E-state index in [0.29, 0.717) is 6.04 Å². The standard InChI is InChI=1S/C19H23BrN4O/c20-14-5-6-16-13(9-14)4-7-17(16)23-18-10-19(22-12-21-18)24-8-2-1-3-15(24)11-25/h5-6,9-10,12,15,17,25H,1-4,7-8,11H2,(H,21,22,23). The van der Waals surface area contributed by atoms with Gasteiger partial charge in [-0.1, -0.05) is 22.0 Å². The van der Waals surface area contributed by atoms with Crippen LogP contribution in [0.25, 0.3) is 0 Å². The maximum absolute atomic E-state index is 9.65. The summed E-state index contributed by atoms with van der Waals surface area (Å²) in [7, 11) is 0. The smallest absolute Gasteiger partial charge is 0.134 e. The predicted molar refractivity (Wildman–Crippen MR) is 103 cm³/mol. The van der Waals surface area contributed by atoms with Gasteiger partial charge in [-0.05, 0) is 55.4 Å². The highest BCUT2D eigenvalue weighted by Crippen LogP contribution is 2.35. The molecule has 1 aliphatic carbocycles. The minimum absolute atomic E-state index is 0.168. The van der Waals surface area contributed by atoms with E-state index >= 15 is 0 Å². The quantitative estimate of drug-likeness (QED) is 0.816. The third-order valence-corrected chi connectivity index (χ3v) is 5.78. The van der Waals surface area contributed by atoms with E-state index in [9.17, 15) is 5.11 Å². The highest BCUT2D eigenvalue weighted by molar-refractivity contribution is 9.10. The number of aromatic nitrogens is 2. The molecule has 2 unspecified atom stereocenters. The summed E-state index contributed by atoms with van der Waals surface area (Å²) in [6.07, 6.45) is 7.13. The van der Waals surface area contributed by atoms with Crippen LogP contribution in [0.2, 0.25) is 0 Å². The number of hydrogen-bond acceptors (Lipinski definition) is 5. The van der Waals surface area contributed by atoms with Crippen molar-refractivity contribution in [1.29, 1.82) is 0 Å². The fraction of sp³-hybridized carbons (Fsp3) is 0.474. The average Bonchev–Trinajstić information content (AvgIpc) is 3.03. The number of aliphatic hydroxyl groups is 1.